The van der Waals surface area contributed by atoms with Gasteiger partial charge >= 0.3 is 0 Å². The van der Waals surface area contributed by atoms with Gasteiger partial charge in [0.25, 0.3) is 0 Å². The normalized spacial score (nSPS) is 12.6. The van der Waals surface area contributed by atoms with Crippen LogP contribution in [0.15, 0.2) is 29.6 Å². The van der Waals surface area contributed by atoms with Crippen molar-refractivity contribution in [1.29, 1.82) is 0 Å². The molecule has 16 heavy (non-hydrogen) atoms. The lowest BCUT2D eigenvalue weighted by Gasteiger charge is -2.08. The summed E-state index contributed by atoms with van der Waals surface area (Å²) in [6.07, 6.45) is 1.02. The van der Waals surface area contributed by atoms with E-state index in [-0.39, 0.29) is 0 Å². The number of rotatable bonds is 3. The lowest BCUT2D eigenvalue weighted by Crippen LogP contribution is -1.98. The van der Waals surface area contributed by atoms with E-state index in [0.717, 1.165) is 17.8 Å². The minimum absolute atomic E-state index is 0.474. The van der Waals surface area contributed by atoms with Crippen LogP contribution in [0.1, 0.15) is 29.1 Å². The Kier molecular flexibility index (Phi) is 3.25. The maximum Gasteiger partial charge on any atom is 0.0959 e. The molecule has 2 rings (SSSR count). The molecule has 0 fully saturated rings. The summed E-state index contributed by atoms with van der Waals surface area (Å²) in [7, 11) is 0. The van der Waals surface area contributed by atoms with E-state index in [1.165, 1.54) is 10.6 Å². The Bertz CT molecular complexity index is 459. The number of anilines is 1. The molecule has 0 bridgehead atoms. The van der Waals surface area contributed by atoms with Gasteiger partial charge in [-0.25, -0.2) is 4.98 Å². The maximum absolute atomic E-state index is 5.66. The van der Waals surface area contributed by atoms with Gasteiger partial charge in [-0.15, -0.1) is 11.3 Å². The average Bonchev–Trinajstić information content (AvgIpc) is 2.68. The third-order valence-corrected chi connectivity index (χ3v) is 3.77. The minimum Gasteiger partial charge on any atom is -0.399 e. The second-order valence-electron chi connectivity index (χ2n) is 4.17. The van der Waals surface area contributed by atoms with Gasteiger partial charge in [0, 0.05) is 22.7 Å². The van der Waals surface area contributed by atoms with Crippen LogP contribution in [0.5, 0.6) is 0 Å². The maximum atomic E-state index is 5.66. The highest BCUT2D eigenvalue weighted by atomic mass is 32.1. The molecular weight excluding hydrogens is 216 g/mol. The fraction of sp³-hybridized carbons (Fsp3) is 0.308. The Hall–Kier alpha value is -1.35. The first-order chi connectivity index (χ1) is 7.65. The molecule has 2 N–H and O–H groups in total. The molecule has 2 aromatic rings. The Balaban J connectivity index is 2.07. The number of benzene rings is 1. The molecule has 0 saturated heterocycles. The standard InChI is InChI=1S/C13H16N2S/c1-9(13-15-10(2)8-16-13)7-11-3-5-12(14)6-4-11/h3-6,8-9H,7,14H2,1-2H3. The van der Waals surface area contributed by atoms with Crippen molar-refractivity contribution in [2.75, 3.05) is 5.73 Å². The lowest BCUT2D eigenvalue weighted by molar-refractivity contribution is 0.749. The van der Waals surface area contributed by atoms with Crippen LogP contribution in [-0.2, 0) is 6.42 Å². The molecule has 1 heterocycles. The van der Waals surface area contributed by atoms with Crippen molar-refractivity contribution in [3.8, 4) is 0 Å². The molecule has 1 aromatic heterocycles. The van der Waals surface area contributed by atoms with Gasteiger partial charge < -0.3 is 5.73 Å². The Morgan fingerprint density at radius 2 is 2.00 bits per heavy atom. The number of nitrogen functional groups attached to an aromatic ring is 1. The second kappa shape index (κ2) is 4.66. The van der Waals surface area contributed by atoms with Gasteiger partial charge in [0.2, 0.25) is 0 Å². The fourth-order valence-corrected chi connectivity index (χ4v) is 2.55. The van der Waals surface area contributed by atoms with E-state index in [4.69, 9.17) is 5.73 Å². The molecule has 3 heteroatoms. The van der Waals surface area contributed by atoms with Crippen molar-refractivity contribution in [3.63, 3.8) is 0 Å². The molecule has 1 aromatic carbocycles. The zero-order chi connectivity index (χ0) is 11.5. The molecule has 0 aliphatic heterocycles. The third-order valence-electron chi connectivity index (χ3n) is 2.58. The van der Waals surface area contributed by atoms with Gasteiger partial charge in [-0.05, 0) is 31.0 Å². The molecule has 0 aliphatic carbocycles. The summed E-state index contributed by atoms with van der Waals surface area (Å²) >= 11 is 1.74. The van der Waals surface area contributed by atoms with Crippen molar-refractivity contribution in [3.05, 3.63) is 45.9 Å². The molecule has 0 radical (unpaired) electrons. The van der Waals surface area contributed by atoms with Crippen LogP contribution in [0, 0.1) is 6.92 Å². The second-order valence-corrected chi connectivity index (χ2v) is 5.06. The summed E-state index contributed by atoms with van der Waals surface area (Å²) in [5.41, 5.74) is 8.91. The SMILES string of the molecule is Cc1csc(C(C)Cc2ccc(N)cc2)n1. The number of nitrogens with two attached hydrogens (primary N) is 1. The largest absolute Gasteiger partial charge is 0.399 e. The van der Waals surface area contributed by atoms with E-state index in [9.17, 15) is 0 Å². The monoisotopic (exact) mass is 232 g/mol. The molecule has 0 amide bonds. The molecule has 0 spiro atoms. The number of thiazole rings is 1. The number of aryl methyl sites for hydroxylation is 1. The van der Waals surface area contributed by atoms with Gasteiger partial charge in [-0.3, -0.25) is 0 Å². The van der Waals surface area contributed by atoms with Crippen molar-refractivity contribution < 1.29 is 0 Å². The van der Waals surface area contributed by atoms with Gasteiger partial charge in [0.05, 0.1) is 5.01 Å². The summed E-state index contributed by atoms with van der Waals surface area (Å²) in [5.74, 6) is 0.474. The van der Waals surface area contributed by atoms with Crippen LogP contribution in [-0.4, -0.2) is 4.98 Å². The minimum atomic E-state index is 0.474. The Labute approximate surface area is 100 Å². The smallest absolute Gasteiger partial charge is 0.0959 e. The molecule has 0 aliphatic rings. The zero-order valence-electron chi connectivity index (χ0n) is 9.60. The molecule has 1 atom stereocenters. The number of aromatic nitrogens is 1. The highest BCUT2D eigenvalue weighted by Crippen LogP contribution is 2.23. The van der Waals surface area contributed by atoms with Crippen molar-refractivity contribution in [2.45, 2.75) is 26.2 Å². The summed E-state index contributed by atoms with van der Waals surface area (Å²) in [5, 5.41) is 3.32. The van der Waals surface area contributed by atoms with Crippen LogP contribution in [0.4, 0.5) is 5.69 Å². The highest BCUT2D eigenvalue weighted by molar-refractivity contribution is 7.09. The van der Waals surface area contributed by atoms with Gasteiger partial charge in [-0.1, -0.05) is 19.1 Å². The fourth-order valence-electron chi connectivity index (χ4n) is 1.69. The first kappa shape index (κ1) is 11.1. The summed E-state index contributed by atoms with van der Waals surface area (Å²) in [4.78, 5) is 4.52. The number of nitrogens with zero attached hydrogens (tertiary/aromatic N) is 1. The van der Waals surface area contributed by atoms with Crippen LogP contribution in [0.25, 0.3) is 0 Å². The topological polar surface area (TPSA) is 38.9 Å². The molecule has 84 valence electrons. The predicted molar refractivity (Wildman–Crippen MR) is 69.8 cm³/mol. The van der Waals surface area contributed by atoms with E-state index in [0.29, 0.717) is 5.92 Å². The average molecular weight is 232 g/mol. The van der Waals surface area contributed by atoms with E-state index in [1.807, 2.05) is 19.1 Å². The molecule has 1 unspecified atom stereocenters. The molecular formula is C13H16N2S. The van der Waals surface area contributed by atoms with E-state index >= 15 is 0 Å². The van der Waals surface area contributed by atoms with Crippen LogP contribution in [0.2, 0.25) is 0 Å². The lowest BCUT2D eigenvalue weighted by atomic mass is 10.0. The molecule has 2 nitrogen and oxygen atoms in total. The van der Waals surface area contributed by atoms with Crippen molar-refractivity contribution in [2.24, 2.45) is 0 Å². The highest BCUT2D eigenvalue weighted by Gasteiger charge is 2.10. The Morgan fingerprint density at radius 3 is 2.56 bits per heavy atom. The summed E-state index contributed by atoms with van der Waals surface area (Å²) < 4.78 is 0. The molecule has 0 saturated carbocycles. The van der Waals surface area contributed by atoms with Gasteiger partial charge in [-0.2, -0.15) is 0 Å². The van der Waals surface area contributed by atoms with Crippen LogP contribution < -0.4 is 5.73 Å². The van der Waals surface area contributed by atoms with Gasteiger partial charge in [0.1, 0.15) is 0 Å². The number of hydrogen-bond acceptors (Lipinski definition) is 3. The van der Waals surface area contributed by atoms with Crippen LogP contribution >= 0.6 is 11.3 Å². The van der Waals surface area contributed by atoms with E-state index < -0.39 is 0 Å². The summed E-state index contributed by atoms with van der Waals surface area (Å²) in [6, 6.07) is 8.09. The van der Waals surface area contributed by atoms with Gasteiger partial charge in [0.15, 0.2) is 0 Å². The zero-order valence-corrected chi connectivity index (χ0v) is 10.4. The van der Waals surface area contributed by atoms with E-state index in [2.05, 4.69) is 29.4 Å². The predicted octanol–water partition coefficient (Wildman–Crippen LogP) is 3.38. The Morgan fingerprint density at radius 1 is 1.31 bits per heavy atom. The van der Waals surface area contributed by atoms with Crippen LogP contribution in [0.3, 0.4) is 0 Å². The third kappa shape index (κ3) is 2.61. The van der Waals surface area contributed by atoms with E-state index in [1.54, 1.807) is 11.3 Å². The quantitative estimate of drug-likeness (QED) is 0.824. The van der Waals surface area contributed by atoms with Crippen molar-refractivity contribution >= 4 is 17.0 Å². The van der Waals surface area contributed by atoms with Crippen molar-refractivity contribution in [1.82, 2.24) is 4.98 Å². The first-order valence-electron chi connectivity index (χ1n) is 5.41. The summed E-state index contributed by atoms with van der Waals surface area (Å²) in [6.45, 7) is 4.25. The first-order valence-corrected chi connectivity index (χ1v) is 6.29. The number of hydrogen-bond donors (Lipinski definition) is 1.